The highest BCUT2D eigenvalue weighted by Gasteiger charge is 2.22. The van der Waals surface area contributed by atoms with Crippen molar-refractivity contribution in [2.75, 3.05) is 0 Å². The van der Waals surface area contributed by atoms with Crippen molar-refractivity contribution in [2.24, 2.45) is 5.92 Å². The zero-order valence-electron chi connectivity index (χ0n) is 7.30. The van der Waals surface area contributed by atoms with E-state index in [0.717, 1.165) is 5.92 Å². The van der Waals surface area contributed by atoms with Crippen molar-refractivity contribution < 1.29 is 0 Å². The first-order valence-corrected chi connectivity index (χ1v) is 7.17. The van der Waals surface area contributed by atoms with Crippen LogP contribution in [-0.4, -0.2) is 0 Å². The predicted molar refractivity (Wildman–Crippen MR) is 65.6 cm³/mol. The average Bonchev–Trinajstić information content (AvgIpc) is 2.44. The van der Waals surface area contributed by atoms with Gasteiger partial charge >= 0.3 is 0 Å². The Kier molecular flexibility index (Phi) is 3.49. The Bertz CT molecular complexity index is 278. The number of halogens is 2. The zero-order valence-corrected chi connectivity index (χ0v) is 11.3. The summed E-state index contributed by atoms with van der Waals surface area (Å²) in [7, 11) is 0. The van der Waals surface area contributed by atoms with Crippen molar-refractivity contribution in [1.82, 2.24) is 0 Å². The molecule has 1 aromatic heterocycles. The molecule has 1 aromatic rings. The Morgan fingerprint density at radius 3 is 2.69 bits per heavy atom. The van der Waals surface area contributed by atoms with E-state index in [0.29, 0.717) is 4.83 Å². The molecule has 1 fully saturated rings. The molecule has 0 amide bonds. The first-order chi connectivity index (χ1) is 6.25. The van der Waals surface area contributed by atoms with Gasteiger partial charge in [0.1, 0.15) is 0 Å². The SMILES string of the molecule is Brc1ccc(C(Br)CC2CCC2)s1. The summed E-state index contributed by atoms with van der Waals surface area (Å²) in [4.78, 5) is 2.04. The third-order valence-electron chi connectivity index (χ3n) is 2.67. The van der Waals surface area contributed by atoms with E-state index >= 15 is 0 Å². The minimum Gasteiger partial charge on any atom is -0.132 e. The number of rotatable bonds is 3. The van der Waals surface area contributed by atoms with Crippen LogP contribution in [0.2, 0.25) is 0 Å². The van der Waals surface area contributed by atoms with Crippen molar-refractivity contribution in [1.29, 1.82) is 0 Å². The molecule has 3 heteroatoms. The topological polar surface area (TPSA) is 0 Å². The Hall–Kier alpha value is 0.660. The maximum Gasteiger partial charge on any atom is 0.0701 e. The molecule has 2 rings (SSSR count). The normalized spacial score (nSPS) is 19.8. The van der Waals surface area contributed by atoms with Crippen LogP contribution in [-0.2, 0) is 0 Å². The van der Waals surface area contributed by atoms with E-state index < -0.39 is 0 Å². The van der Waals surface area contributed by atoms with Crippen molar-refractivity contribution >= 4 is 43.2 Å². The van der Waals surface area contributed by atoms with E-state index in [1.807, 2.05) is 11.3 Å². The maximum atomic E-state index is 3.76. The fraction of sp³-hybridized carbons (Fsp3) is 0.600. The Morgan fingerprint density at radius 2 is 2.23 bits per heavy atom. The van der Waals surface area contributed by atoms with E-state index in [2.05, 4.69) is 44.0 Å². The quantitative estimate of drug-likeness (QED) is 0.676. The summed E-state index contributed by atoms with van der Waals surface area (Å²) in [6.07, 6.45) is 5.63. The van der Waals surface area contributed by atoms with Crippen molar-refractivity contribution in [3.63, 3.8) is 0 Å². The van der Waals surface area contributed by atoms with Gasteiger partial charge < -0.3 is 0 Å². The van der Waals surface area contributed by atoms with Crippen LogP contribution in [0.5, 0.6) is 0 Å². The Balaban J connectivity index is 1.92. The van der Waals surface area contributed by atoms with Gasteiger partial charge in [0.25, 0.3) is 0 Å². The molecule has 72 valence electrons. The van der Waals surface area contributed by atoms with Crippen LogP contribution in [0.3, 0.4) is 0 Å². The summed E-state index contributed by atoms with van der Waals surface area (Å²) in [5.41, 5.74) is 0. The Labute approximate surface area is 100.0 Å². The van der Waals surface area contributed by atoms with Gasteiger partial charge in [-0.25, -0.2) is 0 Å². The second kappa shape index (κ2) is 4.45. The molecule has 0 nitrogen and oxygen atoms in total. The van der Waals surface area contributed by atoms with E-state index in [1.54, 1.807) is 0 Å². The first-order valence-electron chi connectivity index (χ1n) is 4.65. The molecule has 1 aliphatic rings. The lowest BCUT2D eigenvalue weighted by Crippen LogP contribution is -2.12. The number of thiophene rings is 1. The molecule has 0 radical (unpaired) electrons. The molecule has 0 aliphatic heterocycles. The van der Waals surface area contributed by atoms with Crippen LogP contribution in [0.4, 0.5) is 0 Å². The van der Waals surface area contributed by atoms with Crippen LogP contribution in [0.1, 0.15) is 35.4 Å². The molecule has 1 atom stereocenters. The molecular weight excluding hydrogens is 312 g/mol. The van der Waals surface area contributed by atoms with E-state index in [4.69, 9.17) is 0 Å². The zero-order chi connectivity index (χ0) is 9.26. The monoisotopic (exact) mass is 322 g/mol. The highest BCUT2D eigenvalue weighted by Crippen LogP contribution is 2.41. The van der Waals surface area contributed by atoms with Crippen molar-refractivity contribution in [3.05, 3.63) is 20.8 Å². The van der Waals surface area contributed by atoms with Gasteiger partial charge in [-0.05, 0) is 40.4 Å². The van der Waals surface area contributed by atoms with E-state index in [1.165, 1.54) is 34.3 Å². The molecule has 0 spiro atoms. The van der Waals surface area contributed by atoms with Gasteiger partial charge in [0.2, 0.25) is 0 Å². The lowest BCUT2D eigenvalue weighted by molar-refractivity contribution is 0.296. The summed E-state index contributed by atoms with van der Waals surface area (Å²) >= 11 is 9.10. The fourth-order valence-electron chi connectivity index (χ4n) is 1.63. The molecule has 0 N–H and O–H groups in total. The third kappa shape index (κ3) is 2.57. The van der Waals surface area contributed by atoms with Gasteiger partial charge in [0.15, 0.2) is 0 Å². The summed E-state index contributed by atoms with van der Waals surface area (Å²) in [5.74, 6) is 0.977. The molecule has 1 aliphatic carbocycles. The minimum atomic E-state index is 0.578. The van der Waals surface area contributed by atoms with Crippen molar-refractivity contribution in [3.8, 4) is 0 Å². The second-order valence-corrected chi connectivity index (χ2v) is 7.24. The van der Waals surface area contributed by atoms with Gasteiger partial charge in [-0.2, -0.15) is 0 Å². The molecule has 0 saturated heterocycles. The van der Waals surface area contributed by atoms with Gasteiger partial charge in [-0.1, -0.05) is 35.2 Å². The molecule has 13 heavy (non-hydrogen) atoms. The molecule has 0 bridgehead atoms. The molecular formula is C10H12Br2S. The summed E-state index contributed by atoms with van der Waals surface area (Å²) in [6, 6.07) is 4.35. The smallest absolute Gasteiger partial charge is 0.0701 e. The van der Waals surface area contributed by atoms with Crippen LogP contribution >= 0.6 is 43.2 Å². The fourth-order valence-corrected chi connectivity index (χ4v) is 4.01. The van der Waals surface area contributed by atoms with Gasteiger partial charge in [0.05, 0.1) is 3.79 Å². The number of alkyl halides is 1. The van der Waals surface area contributed by atoms with Crippen molar-refractivity contribution in [2.45, 2.75) is 30.5 Å². The van der Waals surface area contributed by atoms with Gasteiger partial charge in [-0.3, -0.25) is 0 Å². The maximum absolute atomic E-state index is 3.76. The standard InChI is InChI=1S/C10H12Br2S/c11-8(6-7-2-1-3-7)9-4-5-10(12)13-9/h4-5,7-8H,1-3,6H2. The van der Waals surface area contributed by atoms with Crippen LogP contribution in [0.15, 0.2) is 15.9 Å². The molecule has 1 saturated carbocycles. The van der Waals surface area contributed by atoms with Crippen LogP contribution < -0.4 is 0 Å². The molecule has 1 heterocycles. The summed E-state index contributed by atoms with van der Waals surface area (Å²) in [6.45, 7) is 0. The summed E-state index contributed by atoms with van der Waals surface area (Å²) in [5, 5.41) is 0. The molecule has 0 aromatic carbocycles. The average molecular weight is 324 g/mol. The van der Waals surface area contributed by atoms with Crippen LogP contribution in [0, 0.1) is 5.92 Å². The lowest BCUT2D eigenvalue weighted by Gasteiger charge is -2.27. The van der Waals surface area contributed by atoms with Crippen LogP contribution in [0.25, 0.3) is 0 Å². The van der Waals surface area contributed by atoms with E-state index in [9.17, 15) is 0 Å². The predicted octanol–water partition coefficient (Wildman–Crippen LogP) is 5.14. The molecule has 1 unspecified atom stereocenters. The van der Waals surface area contributed by atoms with E-state index in [-0.39, 0.29) is 0 Å². The third-order valence-corrected chi connectivity index (χ3v) is 5.58. The Morgan fingerprint density at radius 1 is 1.46 bits per heavy atom. The first kappa shape index (κ1) is 10.2. The second-order valence-electron chi connectivity index (χ2n) is 3.64. The largest absolute Gasteiger partial charge is 0.132 e. The van der Waals surface area contributed by atoms with Gasteiger partial charge in [0, 0.05) is 9.70 Å². The number of hydrogen-bond acceptors (Lipinski definition) is 1. The van der Waals surface area contributed by atoms with Gasteiger partial charge in [-0.15, -0.1) is 11.3 Å². The lowest BCUT2D eigenvalue weighted by atomic mass is 9.82. The highest BCUT2D eigenvalue weighted by molar-refractivity contribution is 9.11. The minimum absolute atomic E-state index is 0.578. The number of hydrogen-bond donors (Lipinski definition) is 0. The summed E-state index contributed by atoms with van der Waals surface area (Å²) < 4.78 is 1.24. The highest BCUT2D eigenvalue weighted by atomic mass is 79.9.